The predicted molar refractivity (Wildman–Crippen MR) is 46.5 cm³/mol. The molecular weight excluding hydrogens is 178 g/mol. The van der Waals surface area contributed by atoms with Gasteiger partial charge in [-0.2, -0.15) is 0 Å². The minimum absolute atomic E-state index is 0. The topological polar surface area (TPSA) is 32.7 Å². The highest BCUT2D eigenvalue weighted by molar-refractivity contribution is 5.85. The van der Waals surface area contributed by atoms with Crippen LogP contribution < -0.4 is 0 Å². The molecule has 0 aromatic heterocycles. The lowest BCUT2D eigenvalue weighted by Gasteiger charge is -2.33. The predicted octanol–water partition coefficient (Wildman–Crippen LogP) is 0.0129. The van der Waals surface area contributed by atoms with E-state index in [4.69, 9.17) is 4.74 Å². The molecular formula is C8H14ClNO2. The van der Waals surface area contributed by atoms with Gasteiger partial charge in [-0.1, -0.05) is 0 Å². The molecule has 0 spiro atoms. The molecule has 12 heavy (non-hydrogen) atoms. The molecule has 0 aromatic carbocycles. The van der Waals surface area contributed by atoms with E-state index in [1.165, 1.54) is 0 Å². The van der Waals surface area contributed by atoms with Crippen molar-refractivity contribution < 1.29 is 9.84 Å². The van der Waals surface area contributed by atoms with Gasteiger partial charge in [-0.05, 0) is 19.9 Å². The van der Waals surface area contributed by atoms with Crippen molar-refractivity contribution in [3.05, 3.63) is 0 Å². The molecule has 4 heterocycles. The zero-order chi connectivity index (χ0) is 7.59. The van der Waals surface area contributed by atoms with Crippen molar-refractivity contribution in [1.29, 1.82) is 0 Å². The Labute approximate surface area is 78.1 Å². The Kier molecular flexibility index (Phi) is 1.88. The van der Waals surface area contributed by atoms with Crippen LogP contribution in [0.4, 0.5) is 0 Å². The van der Waals surface area contributed by atoms with Crippen LogP contribution in [0.3, 0.4) is 0 Å². The quantitative estimate of drug-likeness (QED) is 0.586. The third-order valence-corrected chi connectivity index (χ3v) is 3.51. The van der Waals surface area contributed by atoms with Gasteiger partial charge in [0.05, 0.1) is 12.2 Å². The number of aliphatic hydroxyl groups is 1. The first-order valence-corrected chi connectivity index (χ1v) is 4.33. The van der Waals surface area contributed by atoms with Gasteiger partial charge in [-0.25, -0.2) is 0 Å². The smallest absolute Gasteiger partial charge is 0.101 e. The largest absolute Gasteiger partial charge is 0.389 e. The Bertz CT molecular complexity index is 179. The average molecular weight is 192 g/mol. The fourth-order valence-corrected chi connectivity index (χ4v) is 2.91. The molecule has 4 bridgehead atoms. The minimum atomic E-state index is -0.219. The Balaban J connectivity index is 0.000000563. The molecule has 0 saturated carbocycles. The summed E-state index contributed by atoms with van der Waals surface area (Å²) in [7, 11) is 2.10. The van der Waals surface area contributed by atoms with Crippen LogP contribution in [0.15, 0.2) is 0 Å². The van der Waals surface area contributed by atoms with Gasteiger partial charge in [-0.15, -0.1) is 12.4 Å². The summed E-state index contributed by atoms with van der Waals surface area (Å²) >= 11 is 0. The van der Waals surface area contributed by atoms with Crippen LogP contribution >= 0.6 is 12.4 Å². The zero-order valence-corrected chi connectivity index (χ0v) is 7.83. The third kappa shape index (κ3) is 0.826. The lowest BCUT2D eigenvalue weighted by Crippen LogP contribution is -2.44. The number of nitrogens with zero attached hydrogens (tertiary/aromatic N) is 1. The van der Waals surface area contributed by atoms with Crippen molar-refractivity contribution in [2.24, 2.45) is 0 Å². The van der Waals surface area contributed by atoms with Crippen molar-refractivity contribution in [1.82, 2.24) is 4.90 Å². The van der Waals surface area contributed by atoms with Gasteiger partial charge >= 0.3 is 0 Å². The van der Waals surface area contributed by atoms with Gasteiger partial charge in [0, 0.05) is 12.1 Å². The molecule has 70 valence electrons. The zero-order valence-electron chi connectivity index (χ0n) is 7.01. The summed E-state index contributed by atoms with van der Waals surface area (Å²) in [6.45, 7) is 0. The normalized spacial score (nSPS) is 56.0. The number of hydrogen-bond donors (Lipinski definition) is 1. The number of halogens is 1. The summed E-state index contributed by atoms with van der Waals surface area (Å²) in [5.74, 6) is 0. The first kappa shape index (κ1) is 8.75. The van der Waals surface area contributed by atoms with Crippen LogP contribution in [0.5, 0.6) is 0 Å². The number of piperidine rings is 1. The highest BCUT2D eigenvalue weighted by Crippen LogP contribution is 2.44. The molecule has 0 aliphatic carbocycles. The monoisotopic (exact) mass is 191 g/mol. The van der Waals surface area contributed by atoms with E-state index >= 15 is 0 Å². The molecule has 4 aliphatic heterocycles. The molecule has 4 heteroatoms. The molecule has 3 unspecified atom stereocenters. The molecule has 0 aromatic rings. The number of likely N-dealkylation sites (N-methyl/N-ethyl adjacent to an activating group) is 1. The molecule has 5 atom stereocenters. The summed E-state index contributed by atoms with van der Waals surface area (Å²) in [5, 5.41) is 9.71. The van der Waals surface area contributed by atoms with Crippen molar-refractivity contribution in [3.8, 4) is 0 Å². The van der Waals surface area contributed by atoms with Crippen molar-refractivity contribution in [3.63, 3.8) is 0 Å². The van der Waals surface area contributed by atoms with Crippen molar-refractivity contribution in [2.75, 3.05) is 7.05 Å². The maximum atomic E-state index is 9.71. The maximum Gasteiger partial charge on any atom is 0.101 e. The van der Waals surface area contributed by atoms with Crippen LogP contribution in [-0.4, -0.2) is 47.4 Å². The fraction of sp³-hybridized carbons (Fsp3) is 1.00. The number of aliphatic hydroxyl groups excluding tert-OH is 1. The fourth-order valence-electron chi connectivity index (χ4n) is 2.91. The SMILES string of the molecule is CN1C2CC3CC1[C@@H](O3)[C@@H]2O.Cl. The lowest BCUT2D eigenvalue weighted by atomic mass is 10.0. The summed E-state index contributed by atoms with van der Waals surface area (Å²) in [5.41, 5.74) is 0. The van der Waals surface area contributed by atoms with Crippen LogP contribution in [0, 0.1) is 0 Å². The average Bonchev–Trinajstić information content (AvgIpc) is 2.39. The second kappa shape index (κ2) is 2.58. The summed E-state index contributed by atoms with van der Waals surface area (Å²) in [6.07, 6.45) is 2.53. The molecule has 0 amide bonds. The van der Waals surface area contributed by atoms with E-state index in [1.54, 1.807) is 0 Å². The number of rotatable bonds is 0. The highest BCUT2D eigenvalue weighted by atomic mass is 35.5. The number of ether oxygens (including phenoxy) is 1. The van der Waals surface area contributed by atoms with Gasteiger partial charge in [0.1, 0.15) is 6.10 Å². The van der Waals surface area contributed by atoms with Crippen LogP contribution in [0.25, 0.3) is 0 Å². The third-order valence-electron chi connectivity index (χ3n) is 3.51. The van der Waals surface area contributed by atoms with Gasteiger partial charge in [0.25, 0.3) is 0 Å². The molecule has 4 rings (SSSR count). The van der Waals surface area contributed by atoms with Crippen molar-refractivity contribution >= 4 is 12.4 Å². The Morgan fingerprint density at radius 1 is 1.33 bits per heavy atom. The summed E-state index contributed by atoms with van der Waals surface area (Å²) in [4.78, 5) is 2.29. The van der Waals surface area contributed by atoms with E-state index in [9.17, 15) is 5.11 Å². The number of hydrogen-bond acceptors (Lipinski definition) is 3. The first-order valence-electron chi connectivity index (χ1n) is 4.33. The summed E-state index contributed by atoms with van der Waals surface area (Å²) in [6, 6.07) is 0.895. The molecule has 4 aliphatic rings. The molecule has 3 nitrogen and oxygen atoms in total. The lowest BCUT2D eigenvalue weighted by molar-refractivity contribution is -0.0758. The summed E-state index contributed by atoms with van der Waals surface area (Å²) < 4.78 is 5.64. The van der Waals surface area contributed by atoms with Crippen LogP contribution in [0.1, 0.15) is 12.8 Å². The van der Waals surface area contributed by atoms with E-state index < -0.39 is 0 Å². The Morgan fingerprint density at radius 2 is 2.00 bits per heavy atom. The van der Waals surface area contributed by atoms with Gasteiger partial charge in [0.15, 0.2) is 0 Å². The molecule has 4 fully saturated rings. The van der Waals surface area contributed by atoms with Gasteiger partial charge in [0.2, 0.25) is 0 Å². The van der Waals surface area contributed by atoms with E-state index in [0.29, 0.717) is 18.2 Å². The van der Waals surface area contributed by atoms with Crippen molar-refractivity contribution in [2.45, 2.75) is 43.2 Å². The van der Waals surface area contributed by atoms with E-state index in [-0.39, 0.29) is 24.6 Å². The Hall–Kier alpha value is 0.170. The van der Waals surface area contributed by atoms with Crippen LogP contribution in [0.2, 0.25) is 0 Å². The van der Waals surface area contributed by atoms with Gasteiger partial charge < -0.3 is 9.84 Å². The van der Waals surface area contributed by atoms with E-state index in [2.05, 4.69) is 11.9 Å². The molecule has 1 N–H and O–H groups in total. The van der Waals surface area contributed by atoms with Gasteiger partial charge in [-0.3, -0.25) is 4.90 Å². The minimum Gasteiger partial charge on any atom is -0.389 e. The van der Waals surface area contributed by atoms with Crippen LogP contribution in [-0.2, 0) is 4.74 Å². The van der Waals surface area contributed by atoms with E-state index in [0.717, 1.165) is 12.8 Å². The highest BCUT2D eigenvalue weighted by Gasteiger charge is 2.57. The standard InChI is InChI=1S/C8H13NO2.ClH/c1-9-5-2-4-3-6(9)8(11-4)7(5)10;/h4-8,10H,2-3H2,1H3;1H/t4?,5?,6?,7-,8-;/m1./s1. The first-order chi connectivity index (χ1) is 5.27. The van der Waals surface area contributed by atoms with E-state index in [1.807, 2.05) is 0 Å². The Morgan fingerprint density at radius 3 is 2.58 bits per heavy atom. The molecule has 0 radical (unpaired) electrons. The second-order valence-electron chi connectivity index (χ2n) is 3.98. The molecule has 4 saturated heterocycles. The maximum absolute atomic E-state index is 9.71. The second-order valence-corrected chi connectivity index (χ2v) is 3.98.